The van der Waals surface area contributed by atoms with Crippen LogP contribution in [0.15, 0.2) is 30.3 Å². The molecule has 3 nitrogen and oxygen atoms in total. The first kappa shape index (κ1) is 10.4. The fraction of sp³-hybridized carbons (Fsp3) is 0.273. The predicted octanol–water partition coefficient (Wildman–Crippen LogP) is 1.36. The van der Waals surface area contributed by atoms with Crippen LogP contribution < -0.4 is 0 Å². The lowest BCUT2D eigenvalue weighted by Crippen LogP contribution is -2.07. The van der Waals surface area contributed by atoms with E-state index in [4.69, 9.17) is 4.74 Å². The van der Waals surface area contributed by atoms with Gasteiger partial charge < -0.3 is 9.53 Å². The molecule has 14 heavy (non-hydrogen) atoms. The van der Waals surface area contributed by atoms with Crippen LogP contribution in [0.4, 0.5) is 0 Å². The van der Waals surface area contributed by atoms with Crippen molar-refractivity contribution >= 4 is 12.3 Å². The van der Waals surface area contributed by atoms with E-state index >= 15 is 0 Å². The molecular formula is C11H12O3. The van der Waals surface area contributed by atoms with Crippen molar-refractivity contribution in [1.29, 1.82) is 0 Å². The summed E-state index contributed by atoms with van der Waals surface area (Å²) in [6.45, 7) is 0.330. The van der Waals surface area contributed by atoms with Crippen molar-refractivity contribution in [3.8, 4) is 0 Å². The summed E-state index contributed by atoms with van der Waals surface area (Å²) in [5.74, 6) is -0.462. The first-order chi connectivity index (χ1) is 6.83. The average molecular weight is 192 g/mol. The summed E-state index contributed by atoms with van der Waals surface area (Å²) in [5, 5.41) is 0. The molecule has 0 heterocycles. The number of rotatable bonds is 5. The van der Waals surface area contributed by atoms with Crippen LogP contribution in [0.2, 0.25) is 0 Å². The number of hydrogen-bond acceptors (Lipinski definition) is 3. The van der Waals surface area contributed by atoms with Gasteiger partial charge in [0.15, 0.2) is 0 Å². The molecule has 0 aliphatic rings. The maximum absolute atomic E-state index is 10.8. The van der Waals surface area contributed by atoms with Gasteiger partial charge >= 0.3 is 5.97 Å². The lowest BCUT2D eigenvalue weighted by Gasteiger charge is -2.02. The first-order valence-corrected chi connectivity index (χ1v) is 4.46. The van der Waals surface area contributed by atoms with E-state index in [0.29, 0.717) is 19.3 Å². The van der Waals surface area contributed by atoms with Gasteiger partial charge in [0.25, 0.3) is 0 Å². The Labute approximate surface area is 82.7 Å². The summed E-state index contributed by atoms with van der Waals surface area (Å²) in [6, 6.07) is 9.73. The zero-order valence-corrected chi connectivity index (χ0v) is 7.81. The Morgan fingerprint density at radius 2 is 2.00 bits per heavy atom. The monoisotopic (exact) mass is 192 g/mol. The van der Waals surface area contributed by atoms with Gasteiger partial charge in [-0.2, -0.15) is 0 Å². The van der Waals surface area contributed by atoms with Crippen LogP contribution in [-0.4, -0.2) is 18.9 Å². The van der Waals surface area contributed by atoms with Crippen LogP contribution in [0.1, 0.15) is 12.0 Å². The minimum absolute atomic E-state index is 0.158. The van der Waals surface area contributed by atoms with E-state index in [2.05, 4.69) is 0 Å². The van der Waals surface area contributed by atoms with Crippen molar-refractivity contribution in [2.45, 2.75) is 12.8 Å². The molecule has 0 spiro atoms. The second kappa shape index (κ2) is 5.91. The second-order valence-corrected chi connectivity index (χ2v) is 2.83. The van der Waals surface area contributed by atoms with Crippen LogP contribution >= 0.6 is 0 Å². The number of esters is 1. The molecule has 1 aromatic carbocycles. The Balaban J connectivity index is 2.22. The molecule has 1 aromatic rings. The summed E-state index contributed by atoms with van der Waals surface area (Å²) >= 11 is 0. The third-order valence-electron chi connectivity index (χ3n) is 1.75. The number of ether oxygens (including phenoxy) is 1. The van der Waals surface area contributed by atoms with E-state index in [1.165, 1.54) is 0 Å². The number of benzene rings is 1. The van der Waals surface area contributed by atoms with Gasteiger partial charge in [0.05, 0.1) is 6.61 Å². The van der Waals surface area contributed by atoms with Crippen molar-refractivity contribution in [3.63, 3.8) is 0 Å². The van der Waals surface area contributed by atoms with Gasteiger partial charge in [-0.25, -0.2) is 0 Å². The van der Waals surface area contributed by atoms with Crippen LogP contribution in [0.25, 0.3) is 0 Å². The van der Waals surface area contributed by atoms with Crippen molar-refractivity contribution in [2.24, 2.45) is 0 Å². The van der Waals surface area contributed by atoms with Gasteiger partial charge in [-0.15, -0.1) is 0 Å². The van der Waals surface area contributed by atoms with Crippen molar-refractivity contribution in [3.05, 3.63) is 35.9 Å². The highest BCUT2D eigenvalue weighted by Crippen LogP contribution is 1.99. The van der Waals surface area contributed by atoms with Crippen molar-refractivity contribution in [2.75, 3.05) is 6.61 Å². The molecule has 0 amide bonds. The summed E-state index contributed by atoms with van der Waals surface area (Å²) in [5.41, 5.74) is 1.12. The lowest BCUT2D eigenvalue weighted by atomic mass is 10.2. The quantitative estimate of drug-likeness (QED) is 0.402. The minimum atomic E-state index is -0.462. The molecule has 0 N–H and O–H groups in total. The third-order valence-corrected chi connectivity index (χ3v) is 1.75. The van der Waals surface area contributed by atoms with Crippen molar-refractivity contribution < 1.29 is 14.3 Å². The third kappa shape index (κ3) is 3.85. The zero-order chi connectivity index (χ0) is 10.2. The van der Waals surface area contributed by atoms with Crippen LogP contribution in [0.5, 0.6) is 0 Å². The normalized spacial score (nSPS) is 9.43. The van der Waals surface area contributed by atoms with Crippen LogP contribution in [0.3, 0.4) is 0 Å². The molecule has 1 rings (SSSR count). The highest BCUT2D eigenvalue weighted by Gasteiger charge is 2.00. The summed E-state index contributed by atoms with van der Waals surface area (Å²) in [4.78, 5) is 20.7. The molecule has 0 aromatic heterocycles. The Morgan fingerprint density at radius 3 is 2.64 bits per heavy atom. The van der Waals surface area contributed by atoms with Crippen LogP contribution in [-0.2, 0) is 20.7 Å². The molecule has 3 heteroatoms. The van der Waals surface area contributed by atoms with Crippen molar-refractivity contribution in [1.82, 2.24) is 0 Å². The SMILES string of the molecule is O=CCC(=O)OCCc1ccccc1. The largest absolute Gasteiger partial charge is 0.465 e. The van der Waals surface area contributed by atoms with Gasteiger partial charge in [0.1, 0.15) is 12.7 Å². The number of hydrogen-bond donors (Lipinski definition) is 0. The van der Waals surface area contributed by atoms with Gasteiger partial charge in [-0.05, 0) is 5.56 Å². The zero-order valence-electron chi connectivity index (χ0n) is 7.81. The fourth-order valence-corrected chi connectivity index (χ4v) is 1.05. The molecule has 74 valence electrons. The van der Waals surface area contributed by atoms with E-state index in [0.717, 1.165) is 5.56 Å². The topological polar surface area (TPSA) is 43.4 Å². The lowest BCUT2D eigenvalue weighted by molar-refractivity contribution is -0.144. The summed E-state index contributed by atoms with van der Waals surface area (Å²) in [7, 11) is 0. The second-order valence-electron chi connectivity index (χ2n) is 2.83. The molecule has 0 fully saturated rings. The van der Waals surface area contributed by atoms with E-state index in [1.807, 2.05) is 30.3 Å². The molecule has 0 saturated carbocycles. The highest BCUT2D eigenvalue weighted by molar-refractivity contribution is 5.83. The first-order valence-electron chi connectivity index (χ1n) is 4.46. The predicted molar refractivity (Wildman–Crippen MR) is 51.8 cm³/mol. The van der Waals surface area contributed by atoms with E-state index in [9.17, 15) is 9.59 Å². The molecule has 0 aliphatic carbocycles. The average Bonchev–Trinajstić information content (AvgIpc) is 2.20. The highest BCUT2D eigenvalue weighted by atomic mass is 16.5. The molecule has 0 unspecified atom stereocenters. The molecule has 0 radical (unpaired) electrons. The molecule has 0 bridgehead atoms. The molecular weight excluding hydrogens is 180 g/mol. The summed E-state index contributed by atoms with van der Waals surface area (Å²) in [6.07, 6.45) is 1.07. The summed E-state index contributed by atoms with van der Waals surface area (Å²) < 4.78 is 4.82. The Kier molecular flexibility index (Phi) is 4.41. The van der Waals surface area contributed by atoms with Gasteiger partial charge in [0.2, 0.25) is 0 Å². The molecule has 0 saturated heterocycles. The smallest absolute Gasteiger partial charge is 0.313 e. The number of aldehydes is 1. The van der Waals surface area contributed by atoms with Gasteiger partial charge in [-0.1, -0.05) is 30.3 Å². The number of carbonyl (C=O) groups excluding carboxylic acids is 2. The molecule has 0 aliphatic heterocycles. The van der Waals surface area contributed by atoms with E-state index < -0.39 is 5.97 Å². The standard InChI is InChI=1S/C11H12O3/c12-8-6-11(13)14-9-7-10-4-2-1-3-5-10/h1-5,8H,6-7,9H2. The Morgan fingerprint density at radius 1 is 1.29 bits per heavy atom. The fourth-order valence-electron chi connectivity index (χ4n) is 1.05. The van der Waals surface area contributed by atoms with Gasteiger partial charge in [0, 0.05) is 6.42 Å². The molecule has 0 atom stereocenters. The van der Waals surface area contributed by atoms with Gasteiger partial charge in [-0.3, -0.25) is 4.79 Å². The minimum Gasteiger partial charge on any atom is -0.465 e. The Bertz CT molecular complexity index is 293. The maximum atomic E-state index is 10.8. The number of carbonyl (C=O) groups is 2. The maximum Gasteiger partial charge on any atom is 0.313 e. The van der Waals surface area contributed by atoms with E-state index in [-0.39, 0.29) is 6.42 Å². The Hall–Kier alpha value is -1.64. The van der Waals surface area contributed by atoms with Crippen LogP contribution in [0, 0.1) is 0 Å². The van der Waals surface area contributed by atoms with E-state index in [1.54, 1.807) is 0 Å².